The van der Waals surface area contributed by atoms with Crippen LogP contribution in [0.15, 0.2) is 23.8 Å². The van der Waals surface area contributed by atoms with Crippen LogP contribution in [0.5, 0.6) is 0 Å². The van der Waals surface area contributed by atoms with E-state index in [2.05, 4.69) is 0 Å². The lowest BCUT2D eigenvalue weighted by atomic mass is 10.0. The Morgan fingerprint density at radius 2 is 2.22 bits per heavy atom. The summed E-state index contributed by atoms with van der Waals surface area (Å²) in [6.45, 7) is 1.92. The van der Waals surface area contributed by atoms with Crippen LogP contribution in [0.2, 0.25) is 0 Å². The molecule has 0 saturated heterocycles. The number of ketones is 1. The first-order chi connectivity index (χ1) is 4.20. The van der Waals surface area contributed by atoms with Crippen molar-refractivity contribution in [3.63, 3.8) is 0 Å². The predicted molar refractivity (Wildman–Crippen MR) is 35.9 cm³/mol. The van der Waals surface area contributed by atoms with Gasteiger partial charge in [0.1, 0.15) is 0 Å². The van der Waals surface area contributed by atoms with Crippen LogP contribution in [0.3, 0.4) is 0 Å². The molecule has 0 aromatic heterocycles. The zero-order valence-corrected chi connectivity index (χ0v) is 5.29. The molecular weight excluding hydrogens is 114 g/mol. The number of allylic oxidation sites excluding steroid dienone is 2. The molecule has 1 aliphatic carbocycles. The largest absolute Gasteiger partial charge is 0.318 e. The van der Waals surface area contributed by atoms with Gasteiger partial charge in [0, 0.05) is 0 Å². The van der Waals surface area contributed by atoms with E-state index < -0.39 is 6.04 Å². The molecule has 0 aromatic rings. The minimum absolute atomic E-state index is 0.0133. The maximum atomic E-state index is 10.7. The van der Waals surface area contributed by atoms with Crippen molar-refractivity contribution in [2.75, 3.05) is 0 Å². The third-order valence-corrected chi connectivity index (χ3v) is 1.28. The second-order valence-corrected chi connectivity index (χ2v) is 2.17. The number of hydrogen-bond donors (Lipinski definition) is 1. The summed E-state index contributed by atoms with van der Waals surface area (Å²) < 4.78 is 0. The Morgan fingerprint density at radius 3 is 2.67 bits per heavy atom. The van der Waals surface area contributed by atoms with E-state index in [1.54, 1.807) is 12.2 Å². The SMILES string of the molecule is CC1=CC(N)C(=O)C=C1. The molecule has 2 heteroatoms. The summed E-state index contributed by atoms with van der Waals surface area (Å²) >= 11 is 0. The Morgan fingerprint density at radius 1 is 1.56 bits per heavy atom. The molecule has 0 bridgehead atoms. The molecule has 0 amide bonds. The fraction of sp³-hybridized carbons (Fsp3) is 0.286. The van der Waals surface area contributed by atoms with Crippen LogP contribution in [-0.4, -0.2) is 11.8 Å². The lowest BCUT2D eigenvalue weighted by Gasteiger charge is -2.06. The first kappa shape index (κ1) is 6.23. The highest BCUT2D eigenvalue weighted by molar-refractivity contribution is 5.97. The van der Waals surface area contributed by atoms with E-state index in [9.17, 15) is 4.79 Å². The molecule has 0 spiro atoms. The normalized spacial score (nSPS) is 26.2. The third kappa shape index (κ3) is 1.27. The average Bonchev–Trinajstić information content (AvgIpc) is 1.80. The zero-order valence-electron chi connectivity index (χ0n) is 5.29. The Balaban J connectivity index is 2.82. The molecule has 0 aliphatic heterocycles. The molecule has 0 heterocycles. The lowest BCUT2D eigenvalue weighted by Crippen LogP contribution is -2.28. The molecule has 2 nitrogen and oxygen atoms in total. The van der Waals surface area contributed by atoms with E-state index in [0.29, 0.717) is 0 Å². The number of nitrogens with two attached hydrogens (primary N) is 1. The standard InChI is InChI=1S/C7H9NO/c1-5-2-3-7(9)6(8)4-5/h2-4,6H,8H2,1H3. The van der Waals surface area contributed by atoms with Gasteiger partial charge in [-0.25, -0.2) is 0 Å². The third-order valence-electron chi connectivity index (χ3n) is 1.28. The maximum Gasteiger partial charge on any atom is 0.176 e. The number of rotatable bonds is 0. The molecule has 0 saturated carbocycles. The fourth-order valence-corrected chi connectivity index (χ4v) is 0.746. The van der Waals surface area contributed by atoms with Gasteiger partial charge in [0.2, 0.25) is 0 Å². The monoisotopic (exact) mass is 123 g/mol. The Bertz CT molecular complexity index is 191. The Labute approximate surface area is 54.0 Å². The van der Waals surface area contributed by atoms with Gasteiger partial charge in [0.05, 0.1) is 6.04 Å². The molecule has 2 N–H and O–H groups in total. The van der Waals surface area contributed by atoms with Gasteiger partial charge in [-0.05, 0) is 13.0 Å². The zero-order chi connectivity index (χ0) is 6.85. The fourth-order valence-electron chi connectivity index (χ4n) is 0.746. The van der Waals surface area contributed by atoms with E-state index in [1.165, 1.54) is 6.08 Å². The second kappa shape index (κ2) is 2.15. The minimum atomic E-state index is -0.407. The molecular formula is C7H9NO. The summed E-state index contributed by atoms with van der Waals surface area (Å²) in [5.74, 6) is -0.0133. The van der Waals surface area contributed by atoms with Gasteiger partial charge in [-0.15, -0.1) is 0 Å². The maximum absolute atomic E-state index is 10.7. The summed E-state index contributed by atoms with van der Waals surface area (Å²) in [7, 11) is 0. The summed E-state index contributed by atoms with van der Waals surface area (Å²) in [5, 5.41) is 0. The van der Waals surface area contributed by atoms with Gasteiger partial charge in [-0.1, -0.05) is 17.7 Å². The van der Waals surface area contributed by atoms with E-state index in [4.69, 9.17) is 5.73 Å². The van der Waals surface area contributed by atoms with E-state index in [-0.39, 0.29) is 5.78 Å². The summed E-state index contributed by atoms with van der Waals surface area (Å²) in [6.07, 6.45) is 5.04. The topological polar surface area (TPSA) is 43.1 Å². The van der Waals surface area contributed by atoms with Gasteiger partial charge >= 0.3 is 0 Å². The van der Waals surface area contributed by atoms with Gasteiger partial charge < -0.3 is 5.73 Å². The summed E-state index contributed by atoms with van der Waals surface area (Å²) in [6, 6.07) is -0.407. The van der Waals surface area contributed by atoms with Crippen LogP contribution < -0.4 is 5.73 Å². The lowest BCUT2D eigenvalue weighted by molar-refractivity contribution is -0.114. The van der Waals surface area contributed by atoms with Crippen molar-refractivity contribution in [1.29, 1.82) is 0 Å². The summed E-state index contributed by atoms with van der Waals surface area (Å²) in [4.78, 5) is 10.7. The molecule has 1 unspecified atom stereocenters. The second-order valence-electron chi connectivity index (χ2n) is 2.17. The highest BCUT2D eigenvalue weighted by atomic mass is 16.1. The first-order valence-electron chi connectivity index (χ1n) is 2.86. The van der Waals surface area contributed by atoms with Gasteiger partial charge in [-0.3, -0.25) is 4.79 Å². The van der Waals surface area contributed by atoms with E-state index >= 15 is 0 Å². The minimum Gasteiger partial charge on any atom is -0.318 e. The van der Waals surface area contributed by atoms with Crippen molar-refractivity contribution in [1.82, 2.24) is 0 Å². The van der Waals surface area contributed by atoms with Crippen molar-refractivity contribution < 1.29 is 4.79 Å². The van der Waals surface area contributed by atoms with Gasteiger partial charge in [0.15, 0.2) is 5.78 Å². The smallest absolute Gasteiger partial charge is 0.176 e. The highest BCUT2D eigenvalue weighted by Crippen LogP contribution is 2.04. The number of carbonyl (C=O) groups excluding carboxylic acids is 1. The quantitative estimate of drug-likeness (QED) is 0.506. The first-order valence-corrected chi connectivity index (χ1v) is 2.86. The Kier molecular flexibility index (Phi) is 1.49. The van der Waals surface area contributed by atoms with Crippen molar-refractivity contribution in [3.05, 3.63) is 23.8 Å². The van der Waals surface area contributed by atoms with E-state index in [0.717, 1.165) is 5.57 Å². The molecule has 0 aromatic carbocycles. The Hall–Kier alpha value is -0.890. The van der Waals surface area contributed by atoms with Crippen molar-refractivity contribution >= 4 is 5.78 Å². The van der Waals surface area contributed by atoms with Crippen LogP contribution in [0.25, 0.3) is 0 Å². The van der Waals surface area contributed by atoms with Crippen LogP contribution in [0.4, 0.5) is 0 Å². The highest BCUT2D eigenvalue weighted by Gasteiger charge is 2.09. The molecule has 48 valence electrons. The molecule has 9 heavy (non-hydrogen) atoms. The van der Waals surface area contributed by atoms with Gasteiger partial charge in [0.25, 0.3) is 0 Å². The molecule has 1 rings (SSSR count). The molecule has 0 fully saturated rings. The van der Waals surface area contributed by atoms with Crippen molar-refractivity contribution in [3.8, 4) is 0 Å². The average molecular weight is 123 g/mol. The molecule has 1 atom stereocenters. The van der Waals surface area contributed by atoms with Crippen LogP contribution >= 0.6 is 0 Å². The van der Waals surface area contributed by atoms with Crippen LogP contribution in [0, 0.1) is 0 Å². The van der Waals surface area contributed by atoms with E-state index in [1.807, 2.05) is 6.92 Å². The number of carbonyl (C=O) groups is 1. The van der Waals surface area contributed by atoms with Gasteiger partial charge in [-0.2, -0.15) is 0 Å². The number of hydrogen-bond acceptors (Lipinski definition) is 2. The molecule has 0 radical (unpaired) electrons. The molecule has 1 aliphatic rings. The predicted octanol–water partition coefficient (Wildman–Crippen LogP) is 0.399. The summed E-state index contributed by atoms with van der Waals surface area (Å²) in [5.41, 5.74) is 6.45. The van der Waals surface area contributed by atoms with Crippen LogP contribution in [0.1, 0.15) is 6.92 Å². The van der Waals surface area contributed by atoms with Crippen molar-refractivity contribution in [2.45, 2.75) is 13.0 Å². The van der Waals surface area contributed by atoms with Crippen LogP contribution in [-0.2, 0) is 4.79 Å². The van der Waals surface area contributed by atoms with Crippen molar-refractivity contribution in [2.24, 2.45) is 5.73 Å².